The third-order valence-corrected chi connectivity index (χ3v) is 3.86. The Morgan fingerprint density at radius 2 is 2.00 bits per heavy atom. The van der Waals surface area contributed by atoms with E-state index in [1.807, 2.05) is 44.3 Å². The summed E-state index contributed by atoms with van der Waals surface area (Å²) >= 11 is 6.35. The van der Waals surface area contributed by atoms with Crippen LogP contribution in [-0.4, -0.2) is 9.55 Å². The molecule has 2 aromatic carbocycles. The van der Waals surface area contributed by atoms with Crippen molar-refractivity contribution in [3.8, 4) is 11.4 Å². The minimum atomic E-state index is 0.530. The summed E-state index contributed by atoms with van der Waals surface area (Å²) in [7, 11) is 2.00. The third-order valence-electron chi connectivity index (χ3n) is 3.55. The van der Waals surface area contributed by atoms with Gasteiger partial charge in [0.25, 0.3) is 0 Å². The first-order valence-electron chi connectivity index (χ1n) is 6.52. The van der Waals surface area contributed by atoms with E-state index >= 15 is 0 Å². The smallest absolute Gasteiger partial charge is 0.142 e. The lowest BCUT2D eigenvalue weighted by Gasteiger charge is -2.06. The average molecular weight is 286 g/mol. The summed E-state index contributed by atoms with van der Waals surface area (Å²) in [6, 6.07) is 12.1. The van der Waals surface area contributed by atoms with Gasteiger partial charge in [-0.1, -0.05) is 23.7 Å². The Morgan fingerprint density at radius 1 is 1.20 bits per heavy atom. The molecule has 0 saturated heterocycles. The van der Waals surface area contributed by atoms with E-state index < -0.39 is 0 Å². The van der Waals surface area contributed by atoms with Gasteiger partial charge in [0.05, 0.1) is 16.1 Å². The van der Waals surface area contributed by atoms with Crippen LogP contribution in [0.1, 0.15) is 11.1 Å². The van der Waals surface area contributed by atoms with E-state index in [0.29, 0.717) is 6.54 Å². The van der Waals surface area contributed by atoms with Crippen LogP contribution >= 0.6 is 11.6 Å². The molecule has 1 aromatic heterocycles. The lowest BCUT2D eigenvalue weighted by Crippen LogP contribution is -1.97. The van der Waals surface area contributed by atoms with E-state index in [2.05, 4.69) is 15.6 Å². The number of fused-ring (bicyclic) bond motifs is 1. The Bertz CT molecular complexity index is 790. The second-order valence-corrected chi connectivity index (χ2v) is 5.41. The van der Waals surface area contributed by atoms with Crippen molar-refractivity contribution in [3.63, 3.8) is 0 Å². The van der Waals surface area contributed by atoms with Crippen molar-refractivity contribution in [2.45, 2.75) is 13.5 Å². The van der Waals surface area contributed by atoms with Crippen molar-refractivity contribution in [3.05, 3.63) is 52.5 Å². The maximum absolute atomic E-state index is 6.35. The highest BCUT2D eigenvalue weighted by atomic mass is 35.5. The second-order valence-electron chi connectivity index (χ2n) is 5.00. The van der Waals surface area contributed by atoms with Gasteiger partial charge in [0.2, 0.25) is 0 Å². The fraction of sp³-hybridized carbons (Fsp3) is 0.188. The lowest BCUT2D eigenvalue weighted by molar-refractivity contribution is 0.956. The van der Waals surface area contributed by atoms with E-state index in [1.165, 1.54) is 0 Å². The van der Waals surface area contributed by atoms with Crippen LogP contribution in [0.15, 0.2) is 36.4 Å². The SMILES string of the molecule is Cc1ccc(-c2nc3ccc(CN)cc3n2C)c(Cl)c1. The predicted molar refractivity (Wildman–Crippen MR) is 83.8 cm³/mol. The molecule has 0 unspecified atom stereocenters. The maximum Gasteiger partial charge on any atom is 0.142 e. The summed E-state index contributed by atoms with van der Waals surface area (Å²) < 4.78 is 2.06. The van der Waals surface area contributed by atoms with Crippen molar-refractivity contribution in [1.29, 1.82) is 0 Å². The Hall–Kier alpha value is -1.84. The molecule has 0 atom stereocenters. The predicted octanol–water partition coefficient (Wildman–Crippen LogP) is 3.66. The van der Waals surface area contributed by atoms with Crippen LogP contribution in [0.4, 0.5) is 0 Å². The molecule has 0 amide bonds. The van der Waals surface area contributed by atoms with Gasteiger partial charge in [0.1, 0.15) is 5.82 Å². The highest BCUT2D eigenvalue weighted by molar-refractivity contribution is 6.33. The van der Waals surface area contributed by atoms with Gasteiger partial charge in [-0.05, 0) is 42.3 Å². The van der Waals surface area contributed by atoms with Gasteiger partial charge in [-0.2, -0.15) is 0 Å². The minimum absolute atomic E-state index is 0.530. The number of nitrogens with two attached hydrogens (primary N) is 1. The molecule has 102 valence electrons. The van der Waals surface area contributed by atoms with Crippen LogP contribution in [0, 0.1) is 6.92 Å². The normalized spacial score (nSPS) is 11.2. The fourth-order valence-electron chi connectivity index (χ4n) is 2.40. The van der Waals surface area contributed by atoms with E-state index in [0.717, 1.165) is 38.6 Å². The largest absolute Gasteiger partial charge is 0.327 e. The van der Waals surface area contributed by atoms with Crippen LogP contribution in [0.25, 0.3) is 22.4 Å². The van der Waals surface area contributed by atoms with Gasteiger partial charge in [-0.25, -0.2) is 4.98 Å². The molecule has 0 bridgehead atoms. The first-order valence-corrected chi connectivity index (χ1v) is 6.90. The molecule has 1 heterocycles. The number of benzene rings is 2. The fourth-order valence-corrected chi connectivity index (χ4v) is 2.72. The zero-order valence-corrected chi connectivity index (χ0v) is 12.3. The first kappa shape index (κ1) is 13.2. The maximum atomic E-state index is 6.35. The number of aromatic nitrogens is 2. The molecule has 0 aliphatic carbocycles. The zero-order chi connectivity index (χ0) is 14.3. The Balaban J connectivity index is 2.24. The minimum Gasteiger partial charge on any atom is -0.327 e. The van der Waals surface area contributed by atoms with E-state index in [1.54, 1.807) is 0 Å². The average Bonchev–Trinajstić information content (AvgIpc) is 2.76. The van der Waals surface area contributed by atoms with Gasteiger partial charge in [0, 0.05) is 19.2 Å². The number of hydrogen-bond donors (Lipinski definition) is 1. The Kier molecular flexibility index (Phi) is 3.24. The van der Waals surface area contributed by atoms with Crippen LogP contribution < -0.4 is 5.73 Å². The van der Waals surface area contributed by atoms with Gasteiger partial charge in [0.15, 0.2) is 0 Å². The quantitative estimate of drug-likeness (QED) is 0.781. The van der Waals surface area contributed by atoms with E-state index in [9.17, 15) is 0 Å². The summed E-state index contributed by atoms with van der Waals surface area (Å²) in [4.78, 5) is 4.69. The van der Waals surface area contributed by atoms with Gasteiger partial charge in [-0.15, -0.1) is 0 Å². The molecule has 20 heavy (non-hydrogen) atoms. The summed E-state index contributed by atoms with van der Waals surface area (Å²) in [5.74, 6) is 0.874. The Morgan fingerprint density at radius 3 is 2.70 bits per heavy atom. The molecule has 0 spiro atoms. The summed E-state index contributed by atoms with van der Waals surface area (Å²) in [6.07, 6.45) is 0. The number of nitrogens with zero attached hydrogens (tertiary/aromatic N) is 2. The zero-order valence-electron chi connectivity index (χ0n) is 11.5. The molecule has 4 heteroatoms. The third kappa shape index (κ3) is 2.09. The molecular formula is C16H16ClN3. The molecule has 0 aliphatic rings. The molecule has 2 N–H and O–H groups in total. The lowest BCUT2D eigenvalue weighted by atomic mass is 10.1. The monoisotopic (exact) mass is 285 g/mol. The van der Waals surface area contributed by atoms with Crippen LogP contribution in [0.3, 0.4) is 0 Å². The standard InChI is InChI=1S/C16H16ClN3/c1-10-3-5-12(13(17)7-10)16-19-14-6-4-11(9-18)8-15(14)20(16)2/h3-8H,9,18H2,1-2H3. The molecule has 0 fully saturated rings. The molecule has 0 aliphatic heterocycles. The van der Waals surface area contributed by atoms with Crippen molar-refractivity contribution >= 4 is 22.6 Å². The number of imidazole rings is 1. The highest BCUT2D eigenvalue weighted by Gasteiger charge is 2.13. The Labute approximate surface area is 123 Å². The first-order chi connectivity index (χ1) is 9.60. The van der Waals surface area contributed by atoms with Crippen LogP contribution in [0.2, 0.25) is 5.02 Å². The van der Waals surface area contributed by atoms with Gasteiger partial charge < -0.3 is 10.3 Å². The van der Waals surface area contributed by atoms with Gasteiger partial charge in [-0.3, -0.25) is 0 Å². The number of halogens is 1. The van der Waals surface area contributed by atoms with E-state index in [4.69, 9.17) is 17.3 Å². The summed E-state index contributed by atoms with van der Waals surface area (Å²) in [5.41, 5.74) is 10.9. The second kappa shape index (κ2) is 4.93. The number of aryl methyl sites for hydroxylation is 2. The molecule has 0 saturated carbocycles. The topological polar surface area (TPSA) is 43.8 Å². The van der Waals surface area contributed by atoms with E-state index in [-0.39, 0.29) is 0 Å². The molecule has 3 rings (SSSR count). The van der Waals surface area contributed by atoms with Crippen LogP contribution in [-0.2, 0) is 13.6 Å². The van der Waals surface area contributed by atoms with Crippen molar-refractivity contribution in [1.82, 2.24) is 9.55 Å². The highest BCUT2D eigenvalue weighted by Crippen LogP contribution is 2.30. The molecule has 0 radical (unpaired) electrons. The van der Waals surface area contributed by atoms with Crippen molar-refractivity contribution < 1.29 is 0 Å². The summed E-state index contributed by atoms with van der Waals surface area (Å²) in [5, 5.41) is 0.724. The number of rotatable bonds is 2. The van der Waals surface area contributed by atoms with Crippen LogP contribution in [0.5, 0.6) is 0 Å². The summed E-state index contributed by atoms with van der Waals surface area (Å²) in [6.45, 7) is 2.56. The van der Waals surface area contributed by atoms with Crippen molar-refractivity contribution in [2.75, 3.05) is 0 Å². The molecular weight excluding hydrogens is 270 g/mol. The number of hydrogen-bond acceptors (Lipinski definition) is 2. The van der Waals surface area contributed by atoms with Gasteiger partial charge >= 0.3 is 0 Å². The molecule has 3 nitrogen and oxygen atoms in total. The van der Waals surface area contributed by atoms with Crippen molar-refractivity contribution in [2.24, 2.45) is 12.8 Å². The molecule has 3 aromatic rings.